The van der Waals surface area contributed by atoms with Crippen LogP contribution in [0.5, 0.6) is 0 Å². The number of carbonyl (C=O) groups excluding carboxylic acids is 1. The summed E-state index contributed by atoms with van der Waals surface area (Å²) in [5.74, 6) is 1.10. The quantitative estimate of drug-likeness (QED) is 0.519. The Balaban J connectivity index is 1.22. The van der Waals surface area contributed by atoms with Crippen molar-refractivity contribution in [2.75, 3.05) is 46.1 Å². The summed E-state index contributed by atoms with van der Waals surface area (Å²) in [6, 6.07) is 20.1. The Morgan fingerprint density at radius 2 is 1.59 bits per heavy atom. The Hall–Kier alpha value is -2.67. The minimum atomic E-state index is -1.39. The summed E-state index contributed by atoms with van der Waals surface area (Å²) in [4.78, 5) is 18.5. The number of nitrogens with zero attached hydrogens (tertiary/aromatic N) is 2. The first kappa shape index (κ1) is 26.0. The molecular weight excluding hydrogens is 464 g/mol. The van der Waals surface area contributed by atoms with Gasteiger partial charge in [0, 0.05) is 25.6 Å². The van der Waals surface area contributed by atoms with Crippen LogP contribution in [-0.4, -0.2) is 66.8 Å². The van der Waals surface area contributed by atoms with Crippen LogP contribution < -0.4 is 0 Å². The summed E-state index contributed by atoms with van der Waals surface area (Å²) in [7, 11) is 0. The first-order valence-corrected chi connectivity index (χ1v) is 13.9. The molecule has 198 valence electrons. The molecule has 0 amide bonds. The van der Waals surface area contributed by atoms with Gasteiger partial charge in [-0.3, -0.25) is 9.69 Å². The molecule has 1 saturated carbocycles. The van der Waals surface area contributed by atoms with Crippen molar-refractivity contribution in [3.63, 3.8) is 0 Å². The zero-order valence-electron chi connectivity index (χ0n) is 21.8. The van der Waals surface area contributed by atoms with Crippen molar-refractivity contribution in [2.24, 2.45) is 11.8 Å². The van der Waals surface area contributed by atoms with Crippen LogP contribution in [0.15, 0.2) is 72.7 Å². The highest BCUT2D eigenvalue weighted by Crippen LogP contribution is 2.41. The van der Waals surface area contributed by atoms with E-state index >= 15 is 0 Å². The highest BCUT2D eigenvalue weighted by Gasteiger charge is 2.46. The molecule has 0 spiro atoms. The van der Waals surface area contributed by atoms with Crippen molar-refractivity contribution in [1.82, 2.24) is 9.80 Å². The molecule has 1 aliphatic carbocycles. The van der Waals surface area contributed by atoms with E-state index in [1.807, 2.05) is 36.4 Å². The van der Waals surface area contributed by atoms with Crippen LogP contribution >= 0.6 is 0 Å². The zero-order chi connectivity index (χ0) is 25.5. The lowest BCUT2D eigenvalue weighted by atomic mass is 9.77. The lowest BCUT2D eigenvalue weighted by Crippen LogP contribution is -2.48. The monoisotopic (exact) mass is 504 g/mol. The number of rotatable bonds is 10. The van der Waals surface area contributed by atoms with Crippen molar-refractivity contribution < 1.29 is 19.4 Å². The van der Waals surface area contributed by atoms with Gasteiger partial charge >= 0.3 is 0 Å². The van der Waals surface area contributed by atoms with Crippen molar-refractivity contribution >= 4 is 5.78 Å². The smallest absolute Gasteiger partial charge is 0.229 e. The van der Waals surface area contributed by atoms with Gasteiger partial charge in [0.2, 0.25) is 6.79 Å². The Morgan fingerprint density at radius 3 is 2.30 bits per heavy atom. The number of ketones is 1. The number of benzene rings is 2. The summed E-state index contributed by atoms with van der Waals surface area (Å²) in [6.07, 6.45) is 7.66. The molecule has 0 bridgehead atoms. The van der Waals surface area contributed by atoms with Gasteiger partial charge in [-0.2, -0.15) is 0 Å². The molecule has 2 aromatic rings. The van der Waals surface area contributed by atoms with E-state index in [2.05, 4.69) is 34.1 Å². The van der Waals surface area contributed by atoms with Crippen LogP contribution in [-0.2, 0) is 26.3 Å². The number of Topliss-reactive ketones (excluding diaryl/α,β-unsaturated/α-hetero) is 1. The fourth-order valence-corrected chi connectivity index (χ4v) is 6.28. The van der Waals surface area contributed by atoms with E-state index in [1.54, 1.807) is 6.26 Å². The lowest BCUT2D eigenvalue weighted by molar-refractivity contribution is -0.146. The van der Waals surface area contributed by atoms with Crippen LogP contribution in [0.2, 0.25) is 0 Å². The number of hydrogen-bond acceptors (Lipinski definition) is 6. The van der Waals surface area contributed by atoms with Crippen LogP contribution in [0.3, 0.4) is 0 Å². The van der Waals surface area contributed by atoms with E-state index in [0.717, 1.165) is 82.6 Å². The molecular formula is C31H40N2O4. The van der Waals surface area contributed by atoms with Gasteiger partial charge in [0.1, 0.15) is 12.0 Å². The maximum atomic E-state index is 13.7. The molecule has 1 saturated heterocycles. The fourth-order valence-electron chi connectivity index (χ4n) is 6.28. The highest BCUT2D eigenvalue weighted by atomic mass is 16.7. The van der Waals surface area contributed by atoms with Gasteiger partial charge in [0.15, 0.2) is 11.4 Å². The number of ether oxygens (including phenoxy) is 2. The second-order valence-corrected chi connectivity index (χ2v) is 10.8. The van der Waals surface area contributed by atoms with E-state index in [1.165, 1.54) is 5.56 Å². The van der Waals surface area contributed by atoms with Crippen LogP contribution in [0, 0.1) is 11.8 Å². The summed E-state index contributed by atoms with van der Waals surface area (Å²) in [5.41, 5.74) is 0.647. The van der Waals surface area contributed by atoms with Crippen molar-refractivity contribution in [3.8, 4) is 0 Å². The molecule has 37 heavy (non-hydrogen) atoms. The second-order valence-electron chi connectivity index (χ2n) is 10.8. The van der Waals surface area contributed by atoms with Crippen molar-refractivity contribution in [1.29, 1.82) is 0 Å². The highest BCUT2D eigenvalue weighted by molar-refractivity contribution is 5.90. The van der Waals surface area contributed by atoms with E-state index in [9.17, 15) is 9.90 Å². The van der Waals surface area contributed by atoms with Gasteiger partial charge in [0.05, 0.1) is 6.54 Å². The average Bonchev–Trinajstić information content (AvgIpc) is 3.63. The summed E-state index contributed by atoms with van der Waals surface area (Å²) in [5, 5.41) is 11.9. The Bertz CT molecular complexity index is 1040. The summed E-state index contributed by atoms with van der Waals surface area (Å²) < 4.78 is 11.2. The number of hydrogen-bond donors (Lipinski definition) is 1. The summed E-state index contributed by atoms with van der Waals surface area (Å²) in [6.45, 7) is 5.03. The van der Waals surface area contributed by atoms with E-state index in [0.29, 0.717) is 13.3 Å². The van der Waals surface area contributed by atoms with Crippen LogP contribution in [0.4, 0.5) is 0 Å². The third-order valence-electron chi connectivity index (χ3n) is 8.33. The first-order valence-electron chi connectivity index (χ1n) is 13.9. The second kappa shape index (κ2) is 12.2. The molecule has 2 fully saturated rings. The van der Waals surface area contributed by atoms with E-state index < -0.39 is 5.60 Å². The minimum absolute atomic E-state index is 0.00604. The van der Waals surface area contributed by atoms with Gasteiger partial charge in [-0.15, -0.1) is 0 Å². The zero-order valence-corrected chi connectivity index (χ0v) is 21.8. The van der Waals surface area contributed by atoms with E-state index in [4.69, 9.17) is 9.47 Å². The minimum Gasteiger partial charge on any atom is -0.462 e. The lowest BCUT2D eigenvalue weighted by Gasteiger charge is -2.35. The molecule has 2 heterocycles. The molecule has 2 atom stereocenters. The van der Waals surface area contributed by atoms with Gasteiger partial charge in [-0.25, -0.2) is 0 Å². The molecule has 2 unspecified atom stereocenters. The van der Waals surface area contributed by atoms with Gasteiger partial charge < -0.3 is 19.5 Å². The molecule has 3 aliphatic rings. The average molecular weight is 505 g/mol. The molecule has 2 aromatic carbocycles. The first-order chi connectivity index (χ1) is 18.1. The SMILES string of the molecule is O=C(CN1CCCN(CC(Cc2ccccc2)C2=COCO2)CC1)C(O)(c1ccccc1)C1CCCC1. The predicted molar refractivity (Wildman–Crippen MR) is 144 cm³/mol. The molecule has 6 heteroatoms. The molecule has 2 aliphatic heterocycles. The molecule has 0 aromatic heterocycles. The predicted octanol–water partition coefficient (Wildman–Crippen LogP) is 4.35. The van der Waals surface area contributed by atoms with Crippen LogP contribution in [0.1, 0.15) is 43.2 Å². The molecule has 0 radical (unpaired) electrons. The van der Waals surface area contributed by atoms with E-state index in [-0.39, 0.29) is 17.6 Å². The number of carbonyl (C=O) groups is 1. The van der Waals surface area contributed by atoms with Crippen LogP contribution in [0.25, 0.3) is 0 Å². The topological polar surface area (TPSA) is 62.2 Å². The number of aliphatic hydroxyl groups is 1. The summed E-state index contributed by atoms with van der Waals surface area (Å²) >= 11 is 0. The fraction of sp³-hybridized carbons (Fsp3) is 0.516. The van der Waals surface area contributed by atoms with Gasteiger partial charge in [-0.05, 0) is 55.8 Å². The Morgan fingerprint density at radius 1 is 0.919 bits per heavy atom. The van der Waals surface area contributed by atoms with Crippen molar-refractivity contribution in [3.05, 3.63) is 83.8 Å². The molecule has 6 nitrogen and oxygen atoms in total. The third kappa shape index (κ3) is 6.25. The molecule has 5 rings (SSSR count). The van der Waals surface area contributed by atoms with Gasteiger partial charge in [0.25, 0.3) is 0 Å². The van der Waals surface area contributed by atoms with Gasteiger partial charge in [-0.1, -0.05) is 73.5 Å². The Labute approximate surface area is 220 Å². The Kier molecular flexibility index (Phi) is 8.59. The maximum absolute atomic E-state index is 13.7. The van der Waals surface area contributed by atoms with Crippen molar-refractivity contribution in [2.45, 2.75) is 44.1 Å². The maximum Gasteiger partial charge on any atom is 0.229 e. The largest absolute Gasteiger partial charge is 0.462 e. The normalized spacial score (nSPS) is 21.9. The molecule has 1 N–H and O–H groups in total. The standard InChI is InChI=1S/C31H40N2O4/c34-30(31(35,28-14-7-8-15-28)27-12-5-2-6-13-27)22-33-17-9-16-32(18-19-33)21-26(29-23-36-24-37-29)20-25-10-3-1-4-11-25/h1-6,10-13,23,26,28,35H,7-9,14-22,24H2. The third-order valence-corrected chi connectivity index (χ3v) is 8.33.